The van der Waals surface area contributed by atoms with E-state index in [1.165, 1.54) is 18.3 Å². The lowest BCUT2D eigenvalue weighted by molar-refractivity contribution is -0.280. The number of nitrogen functional groups attached to an aromatic ring is 1. The minimum Gasteiger partial charge on any atom is -0.427 e. The molecular weight excluding hydrogens is 528 g/mol. The minimum atomic E-state index is -5.84. The summed E-state index contributed by atoms with van der Waals surface area (Å²) in [6.45, 7) is 1.48. The fraction of sp³-hybridized carbons (Fsp3) is 0.318. The van der Waals surface area contributed by atoms with Gasteiger partial charge in [0.15, 0.2) is 5.82 Å². The molecule has 0 spiro atoms. The summed E-state index contributed by atoms with van der Waals surface area (Å²) < 4.78 is 84.6. The standard InChI is InChI=1S/C22H17F6N5O3S/c1-9-2-5-11(20(18(30)34,22(26,27)28)36-19(35)21(23,24)25)6-12(9)13-7-31-16(29)15(33-13)14-8-32-17(37-14)10-3-4-10/h2,5-8,10H,3-4H2,1H3,(H2,29,31)(H2,30,34). The van der Waals surface area contributed by atoms with Gasteiger partial charge in [0.25, 0.3) is 5.91 Å². The maximum Gasteiger partial charge on any atom is 0.490 e. The van der Waals surface area contributed by atoms with Crippen molar-refractivity contribution in [2.45, 2.75) is 43.6 Å². The molecule has 8 nitrogen and oxygen atoms in total. The van der Waals surface area contributed by atoms with E-state index >= 15 is 0 Å². The molecule has 1 saturated carbocycles. The number of aromatic nitrogens is 3. The third kappa shape index (κ3) is 4.82. The van der Waals surface area contributed by atoms with Gasteiger partial charge < -0.3 is 16.2 Å². The van der Waals surface area contributed by atoms with Crippen LogP contribution in [-0.4, -0.2) is 39.2 Å². The first-order chi connectivity index (χ1) is 17.1. The zero-order chi connectivity index (χ0) is 27.3. The summed E-state index contributed by atoms with van der Waals surface area (Å²) >= 11 is 1.34. The monoisotopic (exact) mass is 545 g/mol. The molecule has 37 heavy (non-hydrogen) atoms. The van der Waals surface area contributed by atoms with Crippen molar-refractivity contribution >= 4 is 29.0 Å². The van der Waals surface area contributed by atoms with Crippen LogP contribution in [0.25, 0.3) is 21.8 Å². The van der Waals surface area contributed by atoms with Crippen molar-refractivity contribution in [3.05, 3.63) is 46.7 Å². The van der Waals surface area contributed by atoms with E-state index in [9.17, 15) is 35.9 Å². The highest BCUT2D eigenvalue weighted by Gasteiger charge is 2.66. The molecular formula is C22H17F6N5O3S. The van der Waals surface area contributed by atoms with E-state index in [0.717, 1.165) is 36.2 Å². The van der Waals surface area contributed by atoms with Gasteiger partial charge in [-0.05, 0) is 31.4 Å². The number of carbonyl (C=O) groups is 2. The molecule has 196 valence electrons. The quantitative estimate of drug-likeness (QED) is 0.347. The van der Waals surface area contributed by atoms with Gasteiger partial charge in [-0.3, -0.25) is 4.79 Å². The molecule has 1 fully saturated rings. The molecule has 1 unspecified atom stereocenters. The first-order valence-electron chi connectivity index (χ1n) is 10.5. The number of aryl methyl sites for hydroxylation is 1. The second-order valence-corrected chi connectivity index (χ2v) is 9.35. The minimum absolute atomic E-state index is 0.00684. The number of anilines is 1. The van der Waals surface area contributed by atoms with Crippen molar-refractivity contribution in [1.82, 2.24) is 15.0 Å². The van der Waals surface area contributed by atoms with Crippen LogP contribution in [0.1, 0.15) is 34.9 Å². The summed E-state index contributed by atoms with van der Waals surface area (Å²) in [6.07, 6.45) is -6.98. The van der Waals surface area contributed by atoms with E-state index in [2.05, 4.69) is 19.7 Å². The van der Waals surface area contributed by atoms with E-state index < -0.39 is 35.4 Å². The Bertz CT molecular complexity index is 1390. The number of benzene rings is 1. The van der Waals surface area contributed by atoms with Crippen molar-refractivity contribution in [3.8, 4) is 21.8 Å². The summed E-state index contributed by atoms with van der Waals surface area (Å²) in [7, 11) is 0. The number of amides is 1. The smallest absolute Gasteiger partial charge is 0.427 e. The number of nitrogens with zero attached hydrogens (tertiary/aromatic N) is 3. The second kappa shape index (κ2) is 8.97. The molecule has 1 aliphatic rings. The van der Waals surface area contributed by atoms with E-state index in [1.54, 1.807) is 6.20 Å². The highest BCUT2D eigenvalue weighted by molar-refractivity contribution is 7.15. The Morgan fingerprint density at radius 1 is 1.08 bits per heavy atom. The lowest BCUT2D eigenvalue weighted by atomic mass is 9.88. The zero-order valence-electron chi connectivity index (χ0n) is 18.8. The number of hydrogen-bond acceptors (Lipinski definition) is 8. The number of alkyl halides is 6. The van der Waals surface area contributed by atoms with Gasteiger partial charge in [-0.15, -0.1) is 11.3 Å². The molecule has 4 N–H and O–H groups in total. The largest absolute Gasteiger partial charge is 0.490 e. The SMILES string of the molecule is Cc1ccc(C(OC(=O)C(F)(F)F)(C(N)=O)C(F)(F)F)cc1-c1cnc(N)c(-c2cnc(C3CC3)s2)n1. The van der Waals surface area contributed by atoms with Crippen molar-refractivity contribution in [3.63, 3.8) is 0 Å². The maximum atomic E-state index is 14.1. The Morgan fingerprint density at radius 2 is 1.76 bits per heavy atom. The molecule has 0 bridgehead atoms. The maximum absolute atomic E-state index is 14.1. The molecule has 0 radical (unpaired) electrons. The van der Waals surface area contributed by atoms with Crippen molar-refractivity contribution < 1.29 is 40.7 Å². The van der Waals surface area contributed by atoms with E-state index in [0.29, 0.717) is 22.4 Å². The summed E-state index contributed by atoms with van der Waals surface area (Å²) in [6, 6.07) is 2.51. The average Bonchev–Trinajstić information content (AvgIpc) is 3.53. The Hall–Kier alpha value is -3.75. The Kier molecular flexibility index (Phi) is 6.38. The Labute approximate surface area is 208 Å². The number of ether oxygens (including phenoxy) is 1. The van der Waals surface area contributed by atoms with Crippen LogP contribution in [0.4, 0.5) is 32.2 Å². The molecule has 15 heteroatoms. The average molecular weight is 545 g/mol. The van der Waals surface area contributed by atoms with Gasteiger partial charge in [-0.1, -0.05) is 12.1 Å². The summed E-state index contributed by atoms with van der Waals surface area (Å²) in [5, 5.41) is 0.877. The summed E-state index contributed by atoms with van der Waals surface area (Å²) in [5.41, 5.74) is 5.76. The van der Waals surface area contributed by atoms with Gasteiger partial charge in [0.05, 0.1) is 21.8 Å². The Balaban J connectivity index is 1.85. The molecule has 1 aromatic carbocycles. The van der Waals surface area contributed by atoms with Crippen molar-refractivity contribution in [1.29, 1.82) is 0 Å². The van der Waals surface area contributed by atoms with Gasteiger partial charge in [0.2, 0.25) is 0 Å². The molecule has 2 heterocycles. The number of halogens is 6. The van der Waals surface area contributed by atoms with Gasteiger partial charge >= 0.3 is 23.9 Å². The van der Waals surface area contributed by atoms with E-state index in [1.807, 2.05) is 0 Å². The fourth-order valence-corrected chi connectivity index (χ4v) is 4.64. The number of hydrogen-bond donors (Lipinski definition) is 2. The molecule has 1 aliphatic carbocycles. The molecule has 0 saturated heterocycles. The lowest BCUT2D eigenvalue weighted by Crippen LogP contribution is -2.57. The topological polar surface area (TPSA) is 134 Å². The fourth-order valence-electron chi connectivity index (χ4n) is 3.55. The third-order valence-corrected chi connectivity index (χ3v) is 6.79. The number of carbonyl (C=O) groups excluding carboxylic acids is 2. The highest BCUT2D eigenvalue weighted by atomic mass is 32.1. The third-order valence-electron chi connectivity index (χ3n) is 5.63. The molecule has 0 aliphatic heterocycles. The van der Waals surface area contributed by atoms with Crippen molar-refractivity contribution in [2.24, 2.45) is 5.73 Å². The first kappa shape index (κ1) is 26.3. The number of thiazole rings is 1. The second-order valence-electron chi connectivity index (χ2n) is 8.29. The van der Waals surface area contributed by atoms with Crippen LogP contribution in [0.5, 0.6) is 0 Å². The van der Waals surface area contributed by atoms with Crippen LogP contribution >= 0.6 is 11.3 Å². The van der Waals surface area contributed by atoms with Crippen LogP contribution in [0, 0.1) is 6.92 Å². The number of nitrogens with two attached hydrogens (primary N) is 2. The lowest BCUT2D eigenvalue weighted by Gasteiger charge is -2.33. The number of esters is 1. The van der Waals surface area contributed by atoms with E-state index in [4.69, 9.17) is 11.5 Å². The van der Waals surface area contributed by atoms with E-state index in [-0.39, 0.29) is 22.8 Å². The van der Waals surface area contributed by atoms with Crippen LogP contribution in [0.3, 0.4) is 0 Å². The predicted molar refractivity (Wildman–Crippen MR) is 119 cm³/mol. The molecule has 3 aromatic rings. The van der Waals surface area contributed by atoms with Crippen LogP contribution < -0.4 is 11.5 Å². The van der Waals surface area contributed by atoms with Crippen molar-refractivity contribution in [2.75, 3.05) is 5.73 Å². The predicted octanol–water partition coefficient (Wildman–Crippen LogP) is 4.38. The molecule has 4 rings (SSSR count). The van der Waals surface area contributed by atoms with Crippen LogP contribution in [0.2, 0.25) is 0 Å². The van der Waals surface area contributed by atoms with Gasteiger partial charge in [0, 0.05) is 23.2 Å². The van der Waals surface area contributed by atoms with Crippen LogP contribution in [0.15, 0.2) is 30.6 Å². The summed E-state index contributed by atoms with van der Waals surface area (Å²) in [4.78, 5) is 36.8. The van der Waals surface area contributed by atoms with Gasteiger partial charge in [0.1, 0.15) is 5.69 Å². The first-order valence-corrected chi connectivity index (χ1v) is 11.3. The molecule has 1 atom stereocenters. The van der Waals surface area contributed by atoms with Gasteiger partial charge in [-0.2, -0.15) is 26.3 Å². The van der Waals surface area contributed by atoms with Gasteiger partial charge in [-0.25, -0.2) is 19.7 Å². The van der Waals surface area contributed by atoms with Crippen LogP contribution in [-0.2, 0) is 19.9 Å². The normalized spacial score (nSPS) is 15.8. The number of rotatable bonds is 6. The number of primary amides is 1. The molecule has 2 aromatic heterocycles. The summed E-state index contributed by atoms with van der Waals surface area (Å²) in [5.74, 6) is -5.24. The zero-order valence-corrected chi connectivity index (χ0v) is 19.6. The highest BCUT2D eigenvalue weighted by Crippen LogP contribution is 2.46. The molecule has 1 amide bonds. The Morgan fingerprint density at radius 3 is 2.32 bits per heavy atom.